The minimum Gasteiger partial charge on any atom is -0.457 e. The van der Waals surface area contributed by atoms with Crippen molar-refractivity contribution in [3.63, 3.8) is 0 Å². The van der Waals surface area contributed by atoms with E-state index >= 15 is 0 Å². The fourth-order valence-corrected chi connectivity index (χ4v) is 2.41. The van der Waals surface area contributed by atoms with E-state index in [0.717, 1.165) is 12.8 Å². The first-order valence-corrected chi connectivity index (χ1v) is 5.80. The number of carbonyl (C=O) groups is 1. The highest BCUT2D eigenvalue weighted by Crippen LogP contribution is 2.39. The Bertz CT molecular complexity index is 376. The van der Waals surface area contributed by atoms with Crippen LogP contribution in [0.1, 0.15) is 37.0 Å². The van der Waals surface area contributed by atoms with Crippen LogP contribution in [0.25, 0.3) is 0 Å². The average Bonchev–Trinajstić information content (AvgIpc) is 2.48. The average molecular weight is 272 g/mol. The van der Waals surface area contributed by atoms with Crippen molar-refractivity contribution in [1.29, 1.82) is 0 Å². The van der Waals surface area contributed by atoms with Gasteiger partial charge in [-0.3, -0.25) is 4.79 Å². The molecule has 0 radical (unpaired) electrons. The zero-order valence-corrected chi connectivity index (χ0v) is 10.4. The fourth-order valence-electron chi connectivity index (χ4n) is 2.07. The highest BCUT2D eigenvalue weighted by Gasteiger charge is 2.36. The van der Waals surface area contributed by atoms with Gasteiger partial charge in [0.25, 0.3) is 5.91 Å². The van der Waals surface area contributed by atoms with E-state index in [4.69, 9.17) is 4.42 Å². The maximum absolute atomic E-state index is 11.7. The molecule has 1 aromatic rings. The molecule has 0 atom stereocenters. The normalized spacial score (nSPS) is 19.7. The van der Waals surface area contributed by atoms with Gasteiger partial charge in [0.1, 0.15) is 6.26 Å². The minimum absolute atomic E-state index is 0.0510. The Labute approximate surface area is 97.4 Å². The van der Waals surface area contributed by atoms with E-state index in [1.165, 1.54) is 6.26 Å². The standard InChI is InChI=1S/C11H14BrNO2/c1-11(2)4-8(5-11)13-10(14)7-3-9(12)15-6-7/h3,6,8H,4-5H2,1-2H3,(H,13,14). The topological polar surface area (TPSA) is 42.2 Å². The summed E-state index contributed by atoms with van der Waals surface area (Å²) >= 11 is 3.17. The quantitative estimate of drug-likeness (QED) is 0.899. The predicted molar refractivity (Wildman–Crippen MR) is 60.7 cm³/mol. The molecule has 0 aliphatic heterocycles. The van der Waals surface area contributed by atoms with Gasteiger partial charge < -0.3 is 9.73 Å². The van der Waals surface area contributed by atoms with Crippen molar-refractivity contribution >= 4 is 21.8 Å². The monoisotopic (exact) mass is 271 g/mol. The summed E-state index contributed by atoms with van der Waals surface area (Å²) in [4.78, 5) is 11.7. The molecule has 0 aromatic carbocycles. The van der Waals surface area contributed by atoms with Gasteiger partial charge in [-0.05, 0) is 34.2 Å². The summed E-state index contributed by atoms with van der Waals surface area (Å²) in [7, 11) is 0. The van der Waals surface area contributed by atoms with Crippen molar-refractivity contribution < 1.29 is 9.21 Å². The third-order valence-electron chi connectivity index (χ3n) is 2.76. The van der Waals surface area contributed by atoms with Gasteiger partial charge in [-0.1, -0.05) is 13.8 Å². The molecule has 4 heteroatoms. The van der Waals surface area contributed by atoms with Crippen molar-refractivity contribution in [2.45, 2.75) is 32.7 Å². The molecule has 1 aliphatic carbocycles. The molecular weight excluding hydrogens is 258 g/mol. The van der Waals surface area contributed by atoms with Crippen molar-refractivity contribution in [2.24, 2.45) is 5.41 Å². The molecule has 0 spiro atoms. The molecule has 0 bridgehead atoms. The van der Waals surface area contributed by atoms with Crippen molar-refractivity contribution in [2.75, 3.05) is 0 Å². The number of nitrogens with one attached hydrogen (secondary N) is 1. The van der Waals surface area contributed by atoms with Gasteiger partial charge in [0.15, 0.2) is 4.67 Å². The van der Waals surface area contributed by atoms with E-state index in [2.05, 4.69) is 35.1 Å². The summed E-state index contributed by atoms with van der Waals surface area (Å²) < 4.78 is 5.60. The van der Waals surface area contributed by atoms with Crippen LogP contribution in [0, 0.1) is 5.41 Å². The lowest BCUT2D eigenvalue weighted by Gasteiger charge is -2.42. The molecule has 1 aromatic heterocycles. The Morgan fingerprint density at radius 1 is 1.60 bits per heavy atom. The van der Waals surface area contributed by atoms with Crippen LogP contribution in [-0.4, -0.2) is 11.9 Å². The largest absolute Gasteiger partial charge is 0.457 e. The highest BCUT2D eigenvalue weighted by molar-refractivity contribution is 9.10. The third kappa shape index (κ3) is 2.43. The van der Waals surface area contributed by atoms with Crippen molar-refractivity contribution in [3.05, 3.63) is 22.6 Å². The van der Waals surface area contributed by atoms with E-state index in [-0.39, 0.29) is 5.91 Å². The zero-order valence-electron chi connectivity index (χ0n) is 8.84. The van der Waals surface area contributed by atoms with Crippen molar-refractivity contribution in [3.8, 4) is 0 Å². The van der Waals surface area contributed by atoms with Gasteiger partial charge in [0.05, 0.1) is 5.56 Å². The molecule has 0 saturated heterocycles. The van der Waals surface area contributed by atoms with Gasteiger partial charge in [0, 0.05) is 12.1 Å². The molecule has 1 saturated carbocycles. The number of carbonyl (C=O) groups excluding carboxylic acids is 1. The molecule has 0 unspecified atom stereocenters. The first-order chi connectivity index (χ1) is 6.96. The second-order valence-electron chi connectivity index (χ2n) is 4.88. The second-order valence-corrected chi connectivity index (χ2v) is 5.66. The number of amides is 1. The summed E-state index contributed by atoms with van der Waals surface area (Å²) in [5, 5.41) is 2.98. The van der Waals surface area contributed by atoms with Crippen LogP contribution in [0.5, 0.6) is 0 Å². The summed E-state index contributed by atoms with van der Waals surface area (Å²) in [6.07, 6.45) is 3.57. The van der Waals surface area contributed by atoms with Gasteiger partial charge in [0.2, 0.25) is 0 Å². The van der Waals surface area contributed by atoms with Gasteiger partial charge in [-0.25, -0.2) is 0 Å². The molecule has 1 fully saturated rings. The summed E-state index contributed by atoms with van der Waals surface area (Å²) in [5.41, 5.74) is 0.959. The Morgan fingerprint density at radius 3 is 2.73 bits per heavy atom. The smallest absolute Gasteiger partial charge is 0.254 e. The van der Waals surface area contributed by atoms with Gasteiger partial charge in [-0.2, -0.15) is 0 Å². The maximum Gasteiger partial charge on any atom is 0.254 e. The highest BCUT2D eigenvalue weighted by atomic mass is 79.9. The first kappa shape index (κ1) is 10.7. The Hall–Kier alpha value is -0.770. The number of hydrogen-bond donors (Lipinski definition) is 1. The van der Waals surface area contributed by atoms with Gasteiger partial charge in [-0.15, -0.1) is 0 Å². The van der Waals surface area contributed by atoms with Crippen LogP contribution in [0.2, 0.25) is 0 Å². The SMILES string of the molecule is CC1(C)CC(NC(=O)c2coc(Br)c2)C1. The number of hydrogen-bond acceptors (Lipinski definition) is 2. The summed E-state index contributed by atoms with van der Waals surface area (Å²) in [6, 6.07) is 2.00. The molecule has 1 aliphatic rings. The van der Waals surface area contributed by atoms with E-state index in [0.29, 0.717) is 21.7 Å². The van der Waals surface area contributed by atoms with Crippen LogP contribution in [0.15, 0.2) is 21.4 Å². The number of furan rings is 1. The first-order valence-electron chi connectivity index (χ1n) is 5.01. The molecule has 1 N–H and O–H groups in total. The molecule has 1 amide bonds. The molecule has 2 rings (SSSR count). The second kappa shape index (κ2) is 3.67. The Morgan fingerprint density at radius 2 is 2.27 bits per heavy atom. The lowest BCUT2D eigenvalue weighted by molar-refractivity contribution is 0.0802. The molecule has 1 heterocycles. The maximum atomic E-state index is 11.7. The lowest BCUT2D eigenvalue weighted by atomic mass is 9.68. The minimum atomic E-state index is -0.0510. The van der Waals surface area contributed by atoms with E-state index < -0.39 is 0 Å². The lowest BCUT2D eigenvalue weighted by Crippen LogP contribution is -2.48. The molecular formula is C11H14BrNO2. The van der Waals surface area contributed by atoms with Crippen LogP contribution in [0.3, 0.4) is 0 Å². The molecule has 3 nitrogen and oxygen atoms in total. The summed E-state index contributed by atoms with van der Waals surface area (Å²) in [5.74, 6) is -0.0510. The zero-order chi connectivity index (χ0) is 11.1. The predicted octanol–water partition coefficient (Wildman–Crippen LogP) is 2.96. The molecule has 15 heavy (non-hydrogen) atoms. The fraction of sp³-hybridized carbons (Fsp3) is 0.545. The number of halogens is 1. The van der Waals surface area contributed by atoms with Crippen LogP contribution < -0.4 is 5.32 Å². The van der Waals surface area contributed by atoms with E-state index in [9.17, 15) is 4.79 Å². The van der Waals surface area contributed by atoms with Crippen LogP contribution in [0.4, 0.5) is 0 Å². The van der Waals surface area contributed by atoms with E-state index in [1.807, 2.05) is 0 Å². The summed E-state index contributed by atoms with van der Waals surface area (Å²) in [6.45, 7) is 4.42. The number of rotatable bonds is 2. The van der Waals surface area contributed by atoms with Gasteiger partial charge >= 0.3 is 0 Å². The van der Waals surface area contributed by atoms with Crippen molar-refractivity contribution in [1.82, 2.24) is 5.32 Å². The Kier molecular flexibility index (Phi) is 2.63. The molecule has 82 valence electrons. The third-order valence-corrected chi connectivity index (χ3v) is 3.18. The van der Waals surface area contributed by atoms with Crippen LogP contribution >= 0.6 is 15.9 Å². The Balaban J connectivity index is 1.89. The van der Waals surface area contributed by atoms with E-state index in [1.54, 1.807) is 6.07 Å². The van der Waals surface area contributed by atoms with Crippen LogP contribution in [-0.2, 0) is 0 Å².